The van der Waals surface area contributed by atoms with Crippen molar-refractivity contribution in [2.45, 2.75) is 27.7 Å². The molecule has 3 aromatic carbocycles. The van der Waals surface area contributed by atoms with Gasteiger partial charge in [0.1, 0.15) is 22.5 Å². The van der Waals surface area contributed by atoms with Crippen molar-refractivity contribution in [1.29, 1.82) is 0 Å². The highest BCUT2D eigenvalue weighted by Gasteiger charge is 2.25. The first-order valence-electron chi connectivity index (χ1n) is 12.4. The number of benzene rings is 3. The lowest BCUT2D eigenvalue weighted by molar-refractivity contribution is -0.133. The molecule has 44 heavy (non-hydrogen) atoms. The zero-order valence-electron chi connectivity index (χ0n) is 23.6. The lowest BCUT2D eigenvalue weighted by Crippen LogP contribution is -2.15. The summed E-state index contributed by atoms with van der Waals surface area (Å²) in [7, 11) is 0. The van der Waals surface area contributed by atoms with E-state index in [1.165, 1.54) is 48.5 Å². The number of anilines is 1. The van der Waals surface area contributed by atoms with Crippen LogP contribution in [0.4, 0.5) is 5.69 Å². The van der Waals surface area contributed by atoms with E-state index in [0.29, 0.717) is 5.69 Å². The summed E-state index contributed by atoms with van der Waals surface area (Å²) in [6.07, 6.45) is 0. The Bertz CT molecular complexity index is 1860. The van der Waals surface area contributed by atoms with Gasteiger partial charge >= 0.3 is 29.8 Å². The molecule has 0 spiro atoms. The Kier molecular flexibility index (Phi) is 10.1. The average Bonchev–Trinajstić information content (AvgIpc) is 2.90. The van der Waals surface area contributed by atoms with Gasteiger partial charge < -0.3 is 33.8 Å². The summed E-state index contributed by atoms with van der Waals surface area (Å²) in [6.45, 7) is 4.42. The van der Waals surface area contributed by atoms with Crippen molar-refractivity contribution in [2.24, 2.45) is 0 Å². The van der Waals surface area contributed by atoms with Crippen molar-refractivity contribution in [3.05, 3.63) is 70.4 Å². The van der Waals surface area contributed by atoms with Crippen molar-refractivity contribution in [3.8, 4) is 40.1 Å². The molecule has 0 saturated carbocycles. The van der Waals surface area contributed by atoms with Crippen LogP contribution in [0.1, 0.15) is 38.1 Å². The Hall–Kier alpha value is -5.69. The molecule has 0 aliphatic carbocycles. The Morgan fingerprint density at radius 3 is 1.84 bits per heavy atom. The maximum atomic E-state index is 13.7. The van der Waals surface area contributed by atoms with Gasteiger partial charge in [0.2, 0.25) is 11.2 Å². The molecule has 0 amide bonds. The summed E-state index contributed by atoms with van der Waals surface area (Å²) in [5.41, 5.74) is 5.13. The largest absolute Gasteiger partial charge is 0.452 e. The fourth-order valence-electron chi connectivity index (χ4n) is 3.88. The van der Waals surface area contributed by atoms with Gasteiger partial charge in [0, 0.05) is 51.1 Å². The van der Waals surface area contributed by atoms with Crippen LogP contribution in [-0.4, -0.2) is 29.8 Å². The van der Waals surface area contributed by atoms with Crippen molar-refractivity contribution < 1.29 is 52.1 Å². The normalized spacial score (nSPS) is 10.3. The first-order chi connectivity index (χ1) is 20.3. The minimum atomic E-state index is -0.915. The molecular weight excluding hydrogens is 602 g/mol. The predicted octanol–water partition coefficient (Wildman–Crippen LogP) is 4.38. The minimum absolute atomic E-state index is 0. The molecule has 0 radical (unpaired) electrons. The lowest BCUT2D eigenvalue weighted by atomic mass is 10.1. The summed E-state index contributed by atoms with van der Waals surface area (Å²) in [5.74, 6) is -5.68. The van der Waals surface area contributed by atoms with Gasteiger partial charge in [-0.3, -0.25) is 24.0 Å². The number of fused-ring (bicyclic) bond motifs is 1. The van der Waals surface area contributed by atoms with Gasteiger partial charge in [-0.1, -0.05) is 0 Å². The van der Waals surface area contributed by atoms with Gasteiger partial charge in [0.25, 0.3) is 0 Å². The minimum Gasteiger partial charge on any atom is -0.452 e. The predicted molar refractivity (Wildman–Crippen MR) is 156 cm³/mol. The third-order valence-electron chi connectivity index (χ3n) is 5.46. The molecule has 4 rings (SSSR count). The third-order valence-corrected chi connectivity index (χ3v) is 5.46. The number of carbonyl (C=O) groups is 5. The van der Waals surface area contributed by atoms with Crippen LogP contribution in [0.25, 0.3) is 22.3 Å². The second kappa shape index (κ2) is 13.5. The molecule has 0 fully saturated rings. The number of ether oxygens (including phenoxy) is 5. The van der Waals surface area contributed by atoms with E-state index in [1.54, 1.807) is 0 Å². The molecule has 13 nitrogen and oxygen atoms in total. The van der Waals surface area contributed by atoms with E-state index in [4.69, 9.17) is 33.8 Å². The SMILES string of the molecule is CC(=O)Oc1cc(OC(C)=O)c2c(=O)c(OC(C)=O)c(-c3ccc(OC(C)=O)c(OC(=O)c4ccc(N)cc4)c3)oc2c1.Cl. The molecule has 0 bridgehead atoms. The van der Waals surface area contributed by atoms with E-state index < -0.39 is 41.0 Å². The highest BCUT2D eigenvalue weighted by atomic mass is 35.5. The monoisotopic (exact) mass is 625 g/mol. The van der Waals surface area contributed by atoms with Crippen LogP contribution in [0, 0.1) is 0 Å². The van der Waals surface area contributed by atoms with Gasteiger partial charge in [-0.2, -0.15) is 0 Å². The second-order valence-corrected chi connectivity index (χ2v) is 8.93. The maximum absolute atomic E-state index is 13.7. The highest BCUT2D eigenvalue weighted by Crippen LogP contribution is 2.40. The summed E-state index contributed by atoms with van der Waals surface area (Å²) in [4.78, 5) is 73.7. The Morgan fingerprint density at radius 1 is 0.659 bits per heavy atom. The average molecular weight is 626 g/mol. The number of carbonyl (C=O) groups excluding carboxylic acids is 5. The molecule has 228 valence electrons. The van der Waals surface area contributed by atoms with Gasteiger partial charge in [-0.15, -0.1) is 12.4 Å². The Balaban J connectivity index is 0.00000529. The molecule has 0 saturated heterocycles. The van der Waals surface area contributed by atoms with Crippen LogP contribution >= 0.6 is 12.4 Å². The van der Waals surface area contributed by atoms with E-state index in [-0.39, 0.29) is 63.3 Å². The number of nitrogen functional groups attached to an aromatic ring is 1. The van der Waals surface area contributed by atoms with Gasteiger partial charge in [0.05, 0.1) is 5.56 Å². The van der Waals surface area contributed by atoms with E-state index in [0.717, 1.165) is 33.8 Å². The maximum Gasteiger partial charge on any atom is 0.343 e. The summed E-state index contributed by atoms with van der Waals surface area (Å²) >= 11 is 0. The summed E-state index contributed by atoms with van der Waals surface area (Å²) in [6, 6.07) is 12.0. The molecule has 1 heterocycles. The molecular formula is C30H24ClNO12. The van der Waals surface area contributed by atoms with E-state index in [2.05, 4.69) is 0 Å². The van der Waals surface area contributed by atoms with Crippen LogP contribution < -0.4 is 34.8 Å². The van der Waals surface area contributed by atoms with Crippen LogP contribution in [0.2, 0.25) is 0 Å². The first-order valence-corrected chi connectivity index (χ1v) is 12.4. The molecule has 0 aliphatic heterocycles. The van der Waals surface area contributed by atoms with Crippen molar-refractivity contribution >= 4 is 58.9 Å². The van der Waals surface area contributed by atoms with Crippen LogP contribution in [0.5, 0.6) is 28.7 Å². The molecule has 0 unspecified atom stereocenters. The Labute approximate surface area is 254 Å². The number of esters is 5. The molecule has 0 atom stereocenters. The zero-order valence-corrected chi connectivity index (χ0v) is 24.4. The number of hydrogen-bond donors (Lipinski definition) is 1. The molecule has 4 aromatic rings. The van der Waals surface area contributed by atoms with Crippen molar-refractivity contribution in [3.63, 3.8) is 0 Å². The topological polar surface area (TPSA) is 188 Å². The smallest absolute Gasteiger partial charge is 0.343 e. The van der Waals surface area contributed by atoms with E-state index in [9.17, 15) is 28.8 Å². The number of halogens is 1. The van der Waals surface area contributed by atoms with E-state index in [1.807, 2.05) is 0 Å². The highest BCUT2D eigenvalue weighted by molar-refractivity contribution is 5.93. The van der Waals surface area contributed by atoms with Crippen molar-refractivity contribution in [1.82, 2.24) is 0 Å². The molecule has 0 aliphatic rings. The third kappa shape index (κ3) is 7.57. The first kappa shape index (κ1) is 32.8. The van der Waals surface area contributed by atoms with Gasteiger partial charge in [-0.25, -0.2) is 4.79 Å². The van der Waals surface area contributed by atoms with E-state index >= 15 is 0 Å². The quantitative estimate of drug-likeness (QED) is 0.173. The molecule has 14 heteroatoms. The summed E-state index contributed by atoms with van der Waals surface area (Å²) in [5, 5.41) is -0.294. The van der Waals surface area contributed by atoms with Crippen LogP contribution in [0.15, 0.2) is 63.8 Å². The Morgan fingerprint density at radius 2 is 1.25 bits per heavy atom. The molecule has 1 aromatic heterocycles. The fraction of sp³-hybridized carbons (Fsp3) is 0.133. The van der Waals surface area contributed by atoms with Gasteiger partial charge in [-0.05, 0) is 42.5 Å². The van der Waals surface area contributed by atoms with Gasteiger partial charge in [0.15, 0.2) is 17.3 Å². The van der Waals surface area contributed by atoms with Crippen LogP contribution in [0.3, 0.4) is 0 Å². The number of hydrogen-bond acceptors (Lipinski definition) is 13. The number of nitrogens with two attached hydrogens (primary N) is 1. The van der Waals surface area contributed by atoms with Crippen LogP contribution in [-0.2, 0) is 19.2 Å². The fourth-order valence-corrected chi connectivity index (χ4v) is 3.88. The number of rotatable bonds is 7. The standard InChI is InChI=1S/C30H23NO12.ClH/c1-14(32)38-21-12-24(40-16(3)34)26-25(13-21)42-28(29(27(26)36)41-17(4)35)19-7-10-22(39-15(2)33)23(11-19)43-30(37)18-5-8-20(31)9-6-18;/h5-13H,31H2,1-4H3;1H. The van der Waals surface area contributed by atoms with Crippen molar-refractivity contribution in [2.75, 3.05) is 5.73 Å². The second-order valence-electron chi connectivity index (χ2n) is 8.93. The zero-order chi connectivity index (χ0) is 31.4. The lowest BCUT2D eigenvalue weighted by Gasteiger charge is -2.15. The summed E-state index contributed by atoms with van der Waals surface area (Å²) < 4.78 is 32.1. The molecule has 2 N–H and O–H groups in total.